The summed E-state index contributed by atoms with van der Waals surface area (Å²) in [6.45, 7) is 0. The van der Waals surface area contributed by atoms with Crippen molar-refractivity contribution in [2.75, 3.05) is 0 Å². The molecule has 0 amide bonds. The predicted octanol–water partition coefficient (Wildman–Crippen LogP) is 1.37. The van der Waals surface area contributed by atoms with Gasteiger partial charge in [-0.15, -0.1) is 0 Å². The maximum Gasteiger partial charge on any atom is 0.276 e. The van der Waals surface area contributed by atoms with E-state index in [1.54, 1.807) is 0 Å². The molecule has 13 heavy (non-hydrogen) atoms. The molecule has 0 saturated heterocycles. The summed E-state index contributed by atoms with van der Waals surface area (Å²) in [5.74, 6) is -0.135. The monoisotopic (exact) mass is 176 g/mol. The minimum atomic E-state index is -0.135. The molecule has 0 fully saturated rings. The van der Waals surface area contributed by atoms with Gasteiger partial charge in [-0.2, -0.15) is 0 Å². The SMILES string of the molecule is Oc1nonc1Cc1ccccc1. The first-order valence-electron chi connectivity index (χ1n) is 3.90. The average molecular weight is 176 g/mol. The molecule has 0 aliphatic heterocycles. The Bertz CT molecular complexity index is 384. The zero-order valence-corrected chi connectivity index (χ0v) is 6.84. The van der Waals surface area contributed by atoms with Crippen molar-refractivity contribution in [1.82, 2.24) is 10.3 Å². The van der Waals surface area contributed by atoms with Crippen molar-refractivity contribution in [2.24, 2.45) is 0 Å². The van der Waals surface area contributed by atoms with E-state index in [9.17, 15) is 0 Å². The highest BCUT2D eigenvalue weighted by molar-refractivity contribution is 5.24. The summed E-state index contributed by atoms with van der Waals surface area (Å²) in [5, 5.41) is 16.0. The maximum atomic E-state index is 9.14. The van der Waals surface area contributed by atoms with Crippen LogP contribution in [0.2, 0.25) is 0 Å². The van der Waals surface area contributed by atoms with Crippen LogP contribution in [0.3, 0.4) is 0 Å². The number of hydrogen-bond donors (Lipinski definition) is 1. The molecule has 0 spiro atoms. The third-order valence-electron chi connectivity index (χ3n) is 1.75. The quantitative estimate of drug-likeness (QED) is 0.750. The Morgan fingerprint density at radius 2 is 1.92 bits per heavy atom. The smallest absolute Gasteiger partial charge is 0.276 e. The van der Waals surface area contributed by atoms with E-state index >= 15 is 0 Å². The molecule has 0 aliphatic rings. The Kier molecular flexibility index (Phi) is 1.96. The van der Waals surface area contributed by atoms with E-state index in [2.05, 4.69) is 14.9 Å². The fourth-order valence-electron chi connectivity index (χ4n) is 1.10. The fourth-order valence-corrected chi connectivity index (χ4v) is 1.10. The van der Waals surface area contributed by atoms with Gasteiger partial charge in [0.05, 0.1) is 0 Å². The summed E-state index contributed by atoms with van der Waals surface area (Å²) in [7, 11) is 0. The Labute approximate surface area is 74.8 Å². The van der Waals surface area contributed by atoms with Gasteiger partial charge in [-0.25, -0.2) is 4.63 Å². The molecule has 2 aromatic rings. The van der Waals surface area contributed by atoms with E-state index in [-0.39, 0.29) is 5.88 Å². The van der Waals surface area contributed by atoms with Gasteiger partial charge in [-0.1, -0.05) is 35.5 Å². The third kappa shape index (κ3) is 1.66. The van der Waals surface area contributed by atoms with Gasteiger partial charge in [-0.05, 0) is 10.7 Å². The number of benzene rings is 1. The Morgan fingerprint density at radius 1 is 1.15 bits per heavy atom. The summed E-state index contributed by atoms with van der Waals surface area (Å²) < 4.78 is 4.37. The van der Waals surface area contributed by atoms with Crippen LogP contribution >= 0.6 is 0 Å². The Morgan fingerprint density at radius 3 is 2.54 bits per heavy atom. The molecule has 1 aromatic carbocycles. The summed E-state index contributed by atoms with van der Waals surface area (Å²) in [6, 6.07) is 9.70. The molecule has 1 heterocycles. The lowest BCUT2D eigenvalue weighted by Crippen LogP contribution is -1.87. The molecule has 0 unspecified atom stereocenters. The van der Waals surface area contributed by atoms with Crippen LogP contribution in [-0.4, -0.2) is 15.4 Å². The van der Waals surface area contributed by atoms with Gasteiger partial charge in [0.15, 0.2) is 5.69 Å². The predicted molar refractivity (Wildman–Crippen MR) is 45.2 cm³/mol. The molecule has 0 bridgehead atoms. The number of hydrogen-bond acceptors (Lipinski definition) is 4. The van der Waals surface area contributed by atoms with Crippen molar-refractivity contribution in [3.8, 4) is 5.88 Å². The molecular formula is C9H8N2O2. The average Bonchev–Trinajstić information content (AvgIpc) is 2.54. The van der Waals surface area contributed by atoms with Gasteiger partial charge in [0.25, 0.3) is 5.88 Å². The minimum absolute atomic E-state index is 0.135. The first-order valence-corrected chi connectivity index (χ1v) is 3.90. The summed E-state index contributed by atoms with van der Waals surface area (Å²) in [6.07, 6.45) is 0.538. The second-order valence-corrected chi connectivity index (χ2v) is 2.70. The zero-order chi connectivity index (χ0) is 9.10. The normalized spacial score (nSPS) is 10.2. The van der Waals surface area contributed by atoms with Crippen molar-refractivity contribution >= 4 is 0 Å². The Hall–Kier alpha value is -1.84. The first-order chi connectivity index (χ1) is 6.36. The molecule has 1 N–H and O–H groups in total. The van der Waals surface area contributed by atoms with Crippen LogP contribution in [-0.2, 0) is 6.42 Å². The Balaban J connectivity index is 2.20. The first kappa shape index (κ1) is 7.79. The van der Waals surface area contributed by atoms with Gasteiger partial charge in [0.1, 0.15) is 0 Å². The van der Waals surface area contributed by atoms with Gasteiger partial charge in [-0.3, -0.25) is 0 Å². The van der Waals surface area contributed by atoms with Gasteiger partial charge in [0.2, 0.25) is 0 Å². The molecule has 2 rings (SSSR count). The highest BCUT2D eigenvalue weighted by Crippen LogP contribution is 2.14. The molecule has 0 saturated carbocycles. The molecule has 0 aliphatic carbocycles. The number of nitrogens with zero attached hydrogens (tertiary/aromatic N) is 2. The van der Waals surface area contributed by atoms with Crippen LogP contribution in [0.5, 0.6) is 5.88 Å². The molecule has 4 nitrogen and oxygen atoms in total. The topological polar surface area (TPSA) is 59.2 Å². The molecule has 66 valence electrons. The van der Waals surface area contributed by atoms with Crippen molar-refractivity contribution in [3.05, 3.63) is 41.6 Å². The van der Waals surface area contributed by atoms with Crippen LogP contribution in [0.1, 0.15) is 11.3 Å². The lowest BCUT2D eigenvalue weighted by Gasteiger charge is -1.94. The van der Waals surface area contributed by atoms with Crippen molar-refractivity contribution < 1.29 is 9.74 Å². The number of rotatable bonds is 2. The summed E-state index contributed by atoms with van der Waals surface area (Å²) >= 11 is 0. The second kappa shape index (κ2) is 3.26. The van der Waals surface area contributed by atoms with E-state index in [4.69, 9.17) is 5.11 Å². The molecule has 0 radical (unpaired) electrons. The molecule has 4 heteroatoms. The van der Waals surface area contributed by atoms with Crippen LogP contribution in [0, 0.1) is 0 Å². The molecule has 1 aromatic heterocycles. The largest absolute Gasteiger partial charge is 0.490 e. The highest BCUT2D eigenvalue weighted by Gasteiger charge is 2.07. The van der Waals surface area contributed by atoms with E-state index < -0.39 is 0 Å². The third-order valence-corrected chi connectivity index (χ3v) is 1.75. The van der Waals surface area contributed by atoms with Crippen molar-refractivity contribution in [2.45, 2.75) is 6.42 Å². The summed E-state index contributed by atoms with van der Waals surface area (Å²) in [4.78, 5) is 0. The van der Waals surface area contributed by atoms with Gasteiger partial charge >= 0.3 is 0 Å². The minimum Gasteiger partial charge on any atom is -0.490 e. The number of aromatic hydroxyl groups is 1. The van der Waals surface area contributed by atoms with E-state index in [1.165, 1.54) is 0 Å². The highest BCUT2D eigenvalue weighted by atomic mass is 16.6. The molecular weight excluding hydrogens is 168 g/mol. The van der Waals surface area contributed by atoms with E-state index in [0.717, 1.165) is 5.56 Å². The van der Waals surface area contributed by atoms with Crippen LogP contribution < -0.4 is 0 Å². The molecule has 0 atom stereocenters. The lowest BCUT2D eigenvalue weighted by molar-refractivity contribution is 0.286. The van der Waals surface area contributed by atoms with Crippen molar-refractivity contribution in [3.63, 3.8) is 0 Å². The van der Waals surface area contributed by atoms with Crippen molar-refractivity contribution in [1.29, 1.82) is 0 Å². The van der Waals surface area contributed by atoms with E-state index in [1.807, 2.05) is 30.3 Å². The van der Waals surface area contributed by atoms with E-state index in [0.29, 0.717) is 12.1 Å². The lowest BCUT2D eigenvalue weighted by atomic mass is 10.1. The maximum absolute atomic E-state index is 9.14. The van der Waals surface area contributed by atoms with Gasteiger partial charge in [0, 0.05) is 6.42 Å². The van der Waals surface area contributed by atoms with Crippen LogP contribution in [0.4, 0.5) is 0 Å². The second-order valence-electron chi connectivity index (χ2n) is 2.70. The zero-order valence-electron chi connectivity index (χ0n) is 6.84. The van der Waals surface area contributed by atoms with Gasteiger partial charge < -0.3 is 5.11 Å². The fraction of sp³-hybridized carbons (Fsp3) is 0.111. The number of aromatic nitrogens is 2. The van der Waals surface area contributed by atoms with Crippen LogP contribution in [0.15, 0.2) is 35.0 Å². The summed E-state index contributed by atoms with van der Waals surface area (Å²) in [5.41, 5.74) is 1.53. The standard InChI is InChI=1S/C9H8N2O2/c12-9-8(10-13-11-9)6-7-4-2-1-3-5-7/h1-5H,6H2,(H,11,12). The van der Waals surface area contributed by atoms with Crippen LogP contribution in [0.25, 0.3) is 0 Å².